The molecule has 1 aliphatic carbocycles. The highest BCUT2D eigenvalue weighted by molar-refractivity contribution is 6.31. The van der Waals surface area contributed by atoms with Gasteiger partial charge in [-0.05, 0) is 50.3 Å². The number of nitrogens with zero attached hydrogens (tertiary/aromatic N) is 1. The minimum atomic E-state index is -0.251. The molecule has 0 spiro atoms. The molecule has 3 atom stereocenters. The molecule has 0 unspecified atom stereocenters. The minimum absolute atomic E-state index is 0.0445. The molecule has 122 valence electrons. The molecule has 1 saturated carbocycles. The van der Waals surface area contributed by atoms with Crippen molar-refractivity contribution >= 4 is 28.4 Å². The Morgan fingerprint density at radius 1 is 1.35 bits per heavy atom. The molecule has 1 aromatic heterocycles. The Balaban J connectivity index is 1.45. The number of aromatic amines is 1. The summed E-state index contributed by atoms with van der Waals surface area (Å²) >= 11 is 6.11. The van der Waals surface area contributed by atoms with E-state index in [0.717, 1.165) is 53.7 Å². The Morgan fingerprint density at radius 3 is 3.09 bits per heavy atom. The van der Waals surface area contributed by atoms with Gasteiger partial charge in [-0.1, -0.05) is 11.6 Å². The lowest BCUT2D eigenvalue weighted by Crippen LogP contribution is -2.40. The third kappa shape index (κ3) is 2.95. The predicted octanol–water partition coefficient (Wildman–Crippen LogP) is 3.15. The smallest absolute Gasteiger partial charge is 0.249 e. The lowest BCUT2D eigenvalue weighted by Gasteiger charge is -2.16. The molecule has 1 amide bonds. The number of benzene rings is 1. The van der Waals surface area contributed by atoms with Crippen LogP contribution in [0.1, 0.15) is 43.7 Å². The highest BCUT2D eigenvalue weighted by atomic mass is 35.5. The molecule has 23 heavy (non-hydrogen) atoms. The molecule has 1 saturated heterocycles. The second kappa shape index (κ2) is 6.13. The number of hydrogen-bond acceptors (Lipinski definition) is 3. The number of nitrogens with one attached hydrogen (secondary N) is 2. The van der Waals surface area contributed by atoms with Crippen molar-refractivity contribution in [1.82, 2.24) is 15.5 Å². The number of carbonyl (C=O) groups is 1. The standard InChI is InChI=1S/C17H20ClN3O2/c18-11-4-6-14-13(9-11)16(21-20-14)10-3-5-12(8-10)19-17(22)15-2-1-7-23-15/h4,6,9-10,12,15H,1-3,5,7-8H2,(H,19,22)(H,20,21)/t10-,12+,15+/m1/s1. The van der Waals surface area contributed by atoms with Crippen LogP contribution in [-0.4, -0.2) is 34.9 Å². The fourth-order valence-electron chi connectivity index (χ4n) is 3.76. The molecule has 0 bridgehead atoms. The average molecular weight is 334 g/mol. The van der Waals surface area contributed by atoms with Crippen LogP contribution in [0.25, 0.3) is 10.9 Å². The molecular weight excluding hydrogens is 314 g/mol. The normalized spacial score (nSPS) is 27.6. The first-order valence-electron chi connectivity index (χ1n) is 8.26. The highest BCUT2D eigenvalue weighted by Crippen LogP contribution is 2.37. The molecule has 0 radical (unpaired) electrons. The second-order valence-corrected chi connectivity index (χ2v) is 6.95. The van der Waals surface area contributed by atoms with Gasteiger partial charge in [-0.3, -0.25) is 9.89 Å². The maximum absolute atomic E-state index is 12.2. The van der Waals surface area contributed by atoms with E-state index in [0.29, 0.717) is 12.5 Å². The van der Waals surface area contributed by atoms with E-state index < -0.39 is 0 Å². The van der Waals surface area contributed by atoms with E-state index in [1.165, 1.54) is 0 Å². The predicted molar refractivity (Wildman–Crippen MR) is 88.6 cm³/mol. The lowest BCUT2D eigenvalue weighted by molar-refractivity contribution is -0.130. The van der Waals surface area contributed by atoms with Crippen LogP contribution in [0.2, 0.25) is 5.02 Å². The first-order chi connectivity index (χ1) is 11.2. The number of hydrogen-bond donors (Lipinski definition) is 2. The first kappa shape index (κ1) is 15.0. The van der Waals surface area contributed by atoms with Crippen molar-refractivity contribution in [2.45, 2.75) is 50.2 Å². The van der Waals surface area contributed by atoms with Gasteiger partial charge >= 0.3 is 0 Å². The van der Waals surface area contributed by atoms with Gasteiger partial charge in [0.05, 0.1) is 11.2 Å². The second-order valence-electron chi connectivity index (χ2n) is 6.52. The molecule has 6 heteroatoms. The van der Waals surface area contributed by atoms with Crippen molar-refractivity contribution in [2.24, 2.45) is 0 Å². The van der Waals surface area contributed by atoms with Crippen LogP contribution in [0.4, 0.5) is 0 Å². The van der Waals surface area contributed by atoms with Gasteiger partial charge < -0.3 is 10.1 Å². The summed E-state index contributed by atoms with van der Waals surface area (Å²) in [6.45, 7) is 0.700. The SMILES string of the molecule is O=C(N[C@H]1CC[C@@H](c2n[nH]c3ccc(Cl)cc23)C1)[C@@H]1CCCO1. The molecule has 2 N–H and O–H groups in total. The van der Waals surface area contributed by atoms with E-state index in [1.54, 1.807) is 0 Å². The van der Waals surface area contributed by atoms with Gasteiger partial charge in [0.1, 0.15) is 6.10 Å². The van der Waals surface area contributed by atoms with E-state index in [4.69, 9.17) is 16.3 Å². The number of halogens is 1. The maximum Gasteiger partial charge on any atom is 0.249 e. The van der Waals surface area contributed by atoms with Crippen molar-refractivity contribution in [3.8, 4) is 0 Å². The van der Waals surface area contributed by atoms with Crippen LogP contribution in [0.5, 0.6) is 0 Å². The number of fused-ring (bicyclic) bond motifs is 1. The van der Waals surface area contributed by atoms with E-state index in [2.05, 4.69) is 15.5 Å². The topological polar surface area (TPSA) is 67.0 Å². The molecular formula is C17H20ClN3O2. The summed E-state index contributed by atoms with van der Waals surface area (Å²) in [6, 6.07) is 6.00. The van der Waals surface area contributed by atoms with Crippen LogP contribution < -0.4 is 5.32 Å². The summed E-state index contributed by atoms with van der Waals surface area (Å²) in [7, 11) is 0. The number of amides is 1. The zero-order valence-electron chi connectivity index (χ0n) is 12.8. The van der Waals surface area contributed by atoms with Gasteiger partial charge in [-0.2, -0.15) is 5.10 Å². The van der Waals surface area contributed by atoms with E-state index >= 15 is 0 Å². The monoisotopic (exact) mass is 333 g/mol. The first-order valence-corrected chi connectivity index (χ1v) is 8.64. The summed E-state index contributed by atoms with van der Waals surface area (Å²) in [5.74, 6) is 0.403. The summed E-state index contributed by atoms with van der Waals surface area (Å²) in [4.78, 5) is 12.2. The zero-order chi connectivity index (χ0) is 15.8. The third-order valence-corrected chi connectivity index (χ3v) is 5.18. The molecule has 4 rings (SSSR count). The summed E-state index contributed by atoms with van der Waals surface area (Å²) < 4.78 is 5.45. The van der Waals surface area contributed by atoms with E-state index in [9.17, 15) is 4.79 Å². The third-order valence-electron chi connectivity index (χ3n) is 4.94. The quantitative estimate of drug-likeness (QED) is 0.906. The lowest BCUT2D eigenvalue weighted by atomic mass is 10.0. The van der Waals surface area contributed by atoms with Crippen LogP contribution >= 0.6 is 11.6 Å². The number of rotatable bonds is 3. The molecule has 2 aliphatic rings. The summed E-state index contributed by atoms with van der Waals surface area (Å²) in [6.07, 6.45) is 4.50. The van der Waals surface area contributed by atoms with Crippen LogP contribution in [0, 0.1) is 0 Å². The number of aromatic nitrogens is 2. The molecule has 1 aliphatic heterocycles. The van der Waals surface area contributed by atoms with Crippen molar-refractivity contribution in [3.05, 3.63) is 28.9 Å². The van der Waals surface area contributed by atoms with Crippen molar-refractivity contribution < 1.29 is 9.53 Å². The largest absolute Gasteiger partial charge is 0.368 e. The minimum Gasteiger partial charge on any atom is -0.368 e. The fraction of sp³-hybridized carbons (Fsp3) is 0.529. The zero-order valence-corrected chi connectivity index (χ0v) is 13.6. The van der Waals surface area contributed by atoms with E-state index in [1.807, 2.05) is 18.2 Å². The average Bonchev–Trinajstić information content (AvgIpc) is 3.26. The Labute approximate surface area is 139 Å². The van der Waals surface area contributed by atoms with Crippen LogP contribution in [0.15, 0.2) is 18.2 Å². The summed E-state index contributed by atoms with van der Waals surface area (Å²) in [5, 5.41) is 12.5. The maximum atomic E-state index is 12.2. The van der Waals surface area contributed by atoms with Crippen molar-refractivity contribution in [1.29, 1.82) is 0 Å². The Kier molecular flexibility index (Phi) is 3.99. The van der Waals surface area contributed by atoms with Gasteiger partial charge in [-0.25, -0.2) is 0 Å². The molecule has 2 aromatic rings. The highest BCUT2D eigenvalue weighted by Gasteiger charge is 2.32. The molecule has 2 fully saturated rings. The van der Waals surface area contributed by atoms with Gasteiger partial charge in [0.15, 0.2) is 0 Å². The van der Waals surface area contributed by atoms with Gasteiger partial charge in [0, 0.05) is 29.0 Å². The number of carbonyl (C=O) groups excluding carboxylic acids is 1. The molecule has 2 heterocycles. The summed E-state index contributed by atoms with van der Waals surface area (Å²) in [5.41, 5.74) is 2.08. The van der Waals surface area contributed by atoms with Gasteiger partial charge in [0.2, 0.25) is 5.91 Å². The fourth-order valence-corrected chi connectivity index (χ4v) is 3.93. The number of ether oxygens (including phenoxy) is 1. The van der Waals surface area contributed by atoms with E-state index in [-0.39, 0.29) is 18.1 Å². The Morgan fingerprint density at radius 2 is 2.26 bits per heavy atom. The van der Waals surface area contributed by atoms with Crippen LogP contribution in [0.3, 0.4) is 0 Å². The van der Waals surface area contributed by atoms with Gasteiger partial charge in [-0.15, -0.1) is 0 Å². The van der Waals surface area contributed by atoms with Crippen molar-refractivity contribution in [3.63, 3.8) is 0 Å². The van der Waals surface area contributed by atoms with Crippen molar-refractivity contribution in [2.75, 3.05) is 6.61 Å². The van der Waals surface area contributed by atoms with Gasteiger partial charge in [0.25, 0.3) is 0 Å². The Hall–Kier alpha value is -1.59. The molecule has 1 aromatic carbocycles. The van der Waals surface area contributed by atoms with Crippen LogP contribution in [-0.2, 0) is 9.53 Å². The molecule has 5 nitrogen and oxygen atoms in total. The number of H-pyrrole nitrogens is 1. The Bertz CT molecular complexity index is 724.